The molecule has 1 aliphatic carbocycles. The molecule has 0 saturated heterocycles. The Balaban J connectivity index is 2.25. The maximum absolute atomic E-state index is 9.51. The molecule has 1 aromatic carbocycles. The van der Waals surface area contributed by atoms with Crippen LogP contribution >= 0.6 is 0 Å². The largest absolute Gasteiger partial charge is 0.504 e. The minimum atomic E-state index is -0.236. The third kappa shape index (κ3) is 1.93. The fourth-order valence-corrected chi connectivity index (χ4v) is 1.91. The number of hydrogen-bond acceptors (Lipinski definition) is 4. The highest BCUT2D eigenvalue weighted by Crippen LogP contribution is 2.49. The van der Waals surface area contributed by atoms with E-state index in [2.05, 4.69) is 0 Å². The Hall–Kier alpha value is -1.42. The zero-order valence-corrected chi connectivity index (χ0v) is 9.23. The second-order valence-electron chi connectivity index (χ2n) is 4.50. The summed E-state index contributed by atoms with van der Waals surface area (Å²) in [4.78, 5) is 0. The standard InChI is InChI=1S/C12H16O4/c1-16-10-5-8(4-9(14)11(10)15)6-12(7-13)2-3-12/h4-5,13-15H,2-3,6-7H2,1H3. The predicted octanol–water partition coefficient (Wildman–Crippen LogP) is 1.42. The van der Waals surface area contributed by atoms with Crippen molar-refractivity contribution < 1.29 is 20.1 Å². The van der Waals surface area contributed by atoms with Crippen molar-refractivity contribution in [3.63, 3.8) is 0 Å². The summed E-state index contributed by atoms with van der Waals surface area (Å²) in [6.07, 6.45) is 2.72. The minimum Gasteiger partial charge on any atom is -0.504 e. The topological polar surface area (TPSA) is 69.9 Å². The number of rotatable bonds is 4. The van der Waals surface area contributed by atoms with Gasteiger partial charge in [0.15, 0.2) is 11.5 Å². The van der Waals surface area contributed by atoms with Crippen LogP contribution in [-0.2, 0) is 6.42 Å². The number of hydrogen-bond donors (Lipinski definition) is 3. The van der Waals surface area contributed by atoms with E-state index in [1.807, 2.05) is 0 Å². The molecule has 1 aromatic rings. The lowest BCUT2D eigenvalue weighted by atomic mass is 9.97. The van der Waals surface area contributed by atoms with Gasteiger partial charge in [0.2, 0.25) is 5.75 Å². The molecule has 3 N–H and O–H groups in total. The molecule has 0 heterocycles. The number of aliphatic hydroxyl groups is 1. The maximum atomic E-state index is 9.51. The van der Waals surface area contributed by atoms with Crippen LogP contribution in [0, 0.1) is 5.41 Å². The van der Waals surface area contributed by atoms with E-state index in [4.69, 9.17) is 4.74 Å². The first-order valence-corrected chi connectivity index (χ1v) is 5.30. The molecular weight excluding hydrogens is 208 g/mol. The van der Waals surface area contributed by atoms with Crippen molar-refractivity contribution in [3.8, 4) is 17.2 Å². The van der Waals surface area contributed by atoms with Crippen molar-refractivity contribution in [1.82, 2.24) is 0 Å². The molecule has 0 amide bonds. The molecule has 2 rings (SSSR count). The molecule has 1 saturated carbocycles. The van der Waals surface area contributed by atoms with Gasteiger partial charge in [-0.25, -0.2) is 0 Å². The zero-order valence-electron chi connectivity index (χ0n) is 9.23. The number of aromatic hydroxyl groups is 2. The van der Waals surface area contributed by atoms with Crippen LogP contribution in [0.1, 0.15) is 18.4 Å². The van der Waals surface area contributed by atoms with Gasteiger partial charge in [0.1, 0.15) is 0 Å². The first-order chi connectivity index (χ1) is 7.60. The number of ether oxygens (including phenoxy) is 1. The van der Waals surface area contributed by atoms with E-state index in [0.29, 0.717) is 6.42 Å². The van der Waals surface area contributed by atoms with Gasteiger partial charge in [0.05, 0.1) is 7.11 Å². The summed E-state index contributed by atoms with van der Waals surface area (Å²) in [6, 6.07) is 3.22. The maximum Gasteiger partial charge on any atom is 0.200 e. The average molecular weight is 224 g/mol. The monoisotopic (exact) mass is 224 g/mol. The number of methoxy groups -OCH3 is 1. The first kappa shape index (κ1) is 11.1. The second kappa shape index (κ2) is 3.87. The average Bonchev–Trinajstić information content (AvgIpc) is 3.04. The first-order valence-electron chi connectivity index (χ1n) is 5.30. The predicted molar refractivity (Wildman–Crippen MR) is 58.8 cm³/mol. The summed E-state index contributed by atoms with van der Waals surface area (Å²) < 4.78 is 4.96. The minimum absolute atomic E-state index is 0.0194. The van der Waals surface area contributed by atoms with Gasteiger partial charge in [-0.05, 0) is 42.4 Å². The normalized spacial score (nSPS) is 17.1. The Morgan fingerprint density at radius 2 is 2.00 bits per heavy atom. The van der Waals surface area contributed by atoms with Crippen molar-refractivity contribution in [1.29, 1.82) is 0 Å². The molecule has 0 aliphatic heterocycles. The number of phenolic OH excluding ortho intramolecular Hbond substituents is 2. The van der Waals surface area contributed by atoms with Crippen molar-refractivity contribution in [2.45, 2.75) is 19.3 Å². The molecule has 4 nitrogen and oxygen atoms in total. The highest BCUT2D eigenvalue weighted by atomic mass is 16.5. The third-order valence-corrected chi connectivity index (χ3v) is 3.21. The van der Waals surface area contributed by atoms with Gasteiger partial charge in [-0.2, -0.15) is 0 Å². The fraction of sp³-hybridized carbons (Fsp3) is 0.500. The summed E-state index contributed by atoms with van der Waals surface area (Å²) >= 11 is 0. The molecule has 0 radical (unpaired) electrons. The van der Waals surface area contributed by atoms with Crippen molar-refractivity contribution >= 4 is 0 Å². The van der Waals surface area contributed by atoms with Crippen LogP contribution in [0.2, 0.25) is 0 Å². The highest BCUT2D eigenvalue weighted by molar-refractivity contribution is 5.52. The van der Waals surface area contributed by atoms with Crippen LogP contribution in [0.3, 0.4) is 0 Å². The van der Waals surface area contributed by atoms with Crippen molar-refractivity contribution in [3.05, 3.63) is 17.7 Å². The molecule has 4 heteroatoms. The van der Waals surface area contributed by atoms with E-state index < -0.39 is 0 Å². The lowest BCUT2D eigenvalue weighted by molar-refractivity contribution is 0.211. The Labute approximate surface area is 94.1 Å². The number of phenols is 2. The van der Waals surface area contributed by atoms with Crippen LogP contribution in [0.4, 0.5) is 0 Å². The Kier molecular flexibility index (Phi) is 2.68. The van der Waals surface area contributed by atoms with Crippen LogP contribution in [0.15, 0.2) is 12.1 Å². The SMILES string of the molecule is COc1cc(CC2(CO)CC2)cc(O)c1O. The molecule has 0 atom stereocenters. The van der Waals surface area contributed by atoms with Crippen LogP contribution < -0.4 is 4.74 Å². The van der Waals surface area contributed by atoms with E-state index in [-0.39, 0.29) is 29.3 Å². The molecule has 1 aliphatic rings. The highest BCUT2D eigenvalue weighted by Gasteiger charge is 2.42. The molecule has 88 valence electrons. The van der Waals surface area contributed by atoms with Gasteiger partial charge in [-0.1, -0.05) is 0 Å². The van der Waals surface area contributed by atoms with Gasteiger partial charge in [0, 0.05) is 6.61 Å². The molecule has 0 aromatic heterocycles. The smallest absolute Gasteiger partial charge is 0.200 e. The molecule has 1 fully saturated rings. The Bertz CT molecular complexity index is 396. The number of aliphatic hydroxyl groups excluding tert-OH is 1. The summed E-state index contributed by atoms with van der Waals surface area (Å²) in [5.41, 5.74) is 0.854. The van der Waals surface area contributed by atoms with Crippen molar-refractivity contribution in [2.24, 2.45) is 5.41 Å². The Morgan fingerprint density at radius 1 is 1.31 bits per heavy atom. The summed E-state index contributed by atoms with van der Waals surface area (Å²) in [5, 5.41) is 28.2. The van der Waals surface area contributed by atoms with Gasteiger partial charge < -0.3 is 20.1 Å². The Morgan fingerprint density at radius 3 is 2.50 bits per heavy atom. The van der Waals surface area contributed by atoms with Crippen molar-refractivity contribution in [2.75, 3.05) is 13.7 Å². The zero-order chi connectivity index (χ0) is 11.8. The van der Waals surface area contributed by atoms with Gasteiger partial charge >= 0.3 is 0 Å². The summed E-state index contributed by atoms with van der Waals surface area (Å²) in [6.45, 7) is 0.164. The van der Waals surface area contributed by atoms with Gasteiger partial charge in [-0.15, -0.1) is 0 Å². The summed E-state index contributed by atoms with van der Waals surface area (Å²) in [7, 11) is 1.44. The molecule has 16 heavy (non-hydrogen) atoms. The lowest BCUT2D eigenvalue weighted by Gasteiger charge is -2.13. The molecule has 0 unspecified atom stereocenters. The lowest BCUT2D eigenvalue weighted by Crippen LogP contribution is -2.10. The quantitative estimate of drug-likeness (QED) is 0.676. The fourth-order valence-electron chi connectivity index (χ4n) is 1.91. The third-order valence-electron chi connectivity index (χ3n) is 3.21. The van der Waals surface area contributed by atoms with Gasteiger partial charge in [0.25, 0.3) is 0 Å². The van der Waals surface area contributed by atoms with Crippen LogP contribution in [0.5, 0.6) is 17.2 Å². The molecule has 0 bridgehead atoms. The van der Waals surface area contributed by atoms with E-state index >= 15 is 0 Å². The van der Waals surface area contributed by atoms with E-state index in [0.717, 1.165) is 18.4 Å². The number of benzene rings is 1. The van der Waals surface area contributed by atoms with Crippen LogP contribution in [0.25, 0.3) is 0 Å². The van der Waals surface area contributed by atoms with E-state index in [1.165, 1.54) is 13.2 Å². The van der Waals surface area contributed by atoms with E-state index in [9.17, 15) is 15.3 Å². The van der Waals surface area contributed by atoms with Crippen LogP contribution in [-0.4, -0.2) is 29.0 Å². The summed E-state index contributed by atoms with van der Waals surface area (Å²) in [5.74, 6) is -0.146. The molecular formula is C12H16O4. The van der Waals surface area contributed by atoms with Gasteiger partial charge in [-0.3, -0.25) is 0 Å². The van der Waals surface area contributed by atoms with E-state index in [1.54, 1.807) is 6.07 Å². The second-order valence-corrected chi connectivity index (χ2v) is 4.50. The molecule has 0 spiro atoms.